The zero-order chi connectivity index (χ0) is 14.0. The molecule has 0 radical (unpaired) electrons. The Balaban J connectivity index is 1.77. The van der Waals surface area contributed by atoms with Gasteiger partial charge >= 0.3 is 6.18 Å². The largest absolute Gasteiger partial charge is 0.452 e. The second-order valence-electron chi connectivity index (χ2n) is 4.81. The number of alkyl halides is 3. The summed E-state index contributed by atoms with van der Waals surface area (Å²) in [6, 6.07) is 1.99. The SMILES string of the molecule is FC(F)(F)C1CCC(NCc2cc(Br)c(Br)o2)CC1. The van der Waals surface area contributed by atoms with Gasteiger partial charge in [-0.15, -0.1) is 0 Å². The van der Waals surface area contributed by atoms with Crippen molar-refractivity contribution in [2.45, 2.75) is 44.4 Å². The molecule has 1 aliphatic carbocycles. The van der Waals surface area contributed by atoms with Crippen molar-refractivity contribution in [1.29, 1.82) is 0 Å². The van der Waals surface area contributed by atoms with Crippen molar-refractivity contribution in [2.24, 2.45) is 5.92 Å². The molecule has 0 atom stereocenters. The molecule has 0 aliphatic heterocycles. The normalized spacial score (nSPS) is 24.7. The molecular weight excluding hydrogens is 391 g/mol. The molecule has 2 nitrogen and oxygen atoms in total. The molecule has 1 aliphatic rings. The van der Waals surface area contributed by atoms with Gasteiger partial charge in [-0.2, -0.15) is 13.2 Å². The second-order valence-corrected chi connectivity index (χ2v) is 6.38. The molecule has 7 heteroatoms. The van der Waals surface area contributed by atoms with Crippen LogP contribution in [-0.4, -0.2) is 12.2 Å². The molecule has 0 saturated heterocycles. The Kier molecular flexibility index (Phi) is 5.00. The van der Waals surface area contributed by atoms with E-state index in [9.17, 15) is 13.2 Å². The third-order valence-electron chi connectivity index (χ3n) is 3.45. The molecule has 1 N–H and O–H groups in total. The Morgan fingerprint density at radius 1 is 1.21 bits per heavy atom. The highest BCUT2D eigenvalue weighted by molar-refractivity contribution is 9.13. The summed E-state index contributed by atoms with van der Waals surface area (Å²) >= 11 is 6.56. The van der Waals surface area contributed by atoms with Crippen LogP contribution >= 0.6 is 31.9 Å². The van der Waals surface area contributed by atoms with Gasteiger partial charge in [0.25, 0.3) is 0 Å². The zero-order valence-corrected chi connectivity index (χ0v) is 13.2. The lowest BCUT2D eigenvalue weighted by Gasteiger charge is -2.30. The highest BCUT2D eigenvalue weighted by Crippen LogP contribution is 2.37. The molecule has 1 saturated carbocycles. The first-order valence-electron chi connectivity index (χ1n) is 6.10. The van der Waals surface area contributed by atoms with Crippen LogP contribution in [0.1, 0.15) is 31.4 Å². The average Bonchev–Trinajstić information content (AvgIpc) is 2.66. The monoisotopic (exact) mass is 403 g/mol. The Hall–Kier alpha value is -0.0100. The maximum absolute atomic E-state index is 12.5. The number of hydrogen-bond donors (Lipinski definition) is 1. The predicted octanol–water partition coefficient (Wildman–Crippen LogP) is 5.02. The highest BCUT2D eigenvalue weighted by atomic mass is 79.9. The van der Waals surface area contributed by atoms with Crippen LogP contribution in [-0.2, 0) is 6.54 Å². The molecule has 1 fully saturated rings. The minimum absolute atomic E-state index is 0.140. The van der Waals surface area contributed by atoms with Crippen LogP contribution in [0.3, 0.4) is 0 Å². The van der Waals surface area contributed by atoms with Gasteiger partial charge in [0, 0.05) is 6.04 Å². The van der Waals surface area contributed by atoms with E-state index >= 15 is 0 Å². The van der Waals surface area contributed by atoms with E-state index in [0.717, 1.165) is 10.2 Å². The Morgan fingerprint density at radius 2 is 1.84 bits per heavy atom. The van der Waals surface area contributed by atoms with Crippen LogP contribution < -0.4 is 5.32 Å². The van der Waals surface area contributed by atoms with Gasteiger partial charge in [-0.25, -0.2) is 0 Å². The lowest BCUT2D eigenvalue weighted by atomic mass is 9.85. The van der Waals surface area contributed by atoms with Crippen molar-refractivity contribution in [1.82, 2.24) is 5.32 Å². The Morgan fingerprint density at radius 3 is 2.32 bits per heavy atom. The fraction of sp³-hybridized carbons (Fsp3) is 0.667. The second kappa shape index (κ2) is 6.18. The van der Waals surface area contributed by atoms with Gasteiger partial charge < -0.3 is 9.73 Å². The Labute approximate surface area is 126 Å². The first kappa shape index (κ1) is 15.4. The highest BCUT2D eigenvalue weighted by Gasteiger charge is 2.41. The molecule has 2 rings (SSSR count). The minimum Gasteiger partial charge on any atom is -0.452 e. The number of hydrogen-bond acceptors (Lipinski definition) is 2. The van der Waals surface area contributed by atoms with Gasteiger partial charge in [0.05, 0.1) is 16.9 Å². The third kappa shape index (κ3) is 4.23. The molecule has 1 aromatic heterocycles. The first-order chi connectivity index (χ1) is 8.86. The number of furan rings is 1. The zero-order valence-electron chi connectivity index (χ0n) is 10.1. The van der Waals surface area contributed by atoms with Crippen molar-refractivity contribution in [3.8, 4) is 0 Å². The van der Waals surface area contributed by atoms with E-state index in [1.54, 1.807) is 0 Å². The van der Waals surface area contributed by atoms with Crippen molar-refractivity contribution < 1.29 is 17.6 Å². The summed E-state index contributed by atoms with van der Waals surface area (Å²) in [5.41, 5.74) is 0. The summed E-state index contributed by atoms with van der Waals surface area (Å²) < 4.78 is 44.4. The molecule has 0 spiro atoms. The van der Waals surface area contributed by atoms with Gasteiger partial charge in [-0.05, 0) is 63.6 Å². The average molecular weight is 405 g/mol. The number of nitrogens with one attached hydrogen (secondary N) is 1. The van der Waals surface area contributed by atoms with Crippen LogP contribution in [0.25, 0.3) is 0 Å². The summed E-state index contributed by atoms with van der Waals surface area (Å²) in [5, 5.41) is 3.25. The van der Waals surface area contributed by atoms with Gasteiger partial charge in [-0.3, -0.25) is 0 Å². The van der Waals surface area contributed by atoms with E-state index in [1.807, 2.05) is 6.07 Å². The van der Waals surface area contributed by atoms with Crippen molar-refractivity contribution in [3.63, 3.8) is 0 Å². The van der Waals surface area contributed by atoms with Crippen LogP contribution in [0, 0.1) is 5.92 Å². The van der Waals surface area contributed by atoms with Crippen molar-refractivity contribution in [3.05, 3.63) is 21.0 Å². The molecule has 19 heavy (non-hydrogen) atoms. The topological polar surface area (TPSA) is 25.2 Å². The fourth-order valence-electron chi connectivity index (χ4n) is 2.35. The van der Waals surface area contributed by atoms with E-state index in [2.05, 4.69) is 37.2 Å². The number of rotatable bonds is 3. The summed E-state index contributed by atoms with van der Waals surface area (Å²) in [4.78, 5) is 0. The lowest BCUT2D eigenvalue weighted by Crippen LogP contribution is -2.36. The summed E-state index contributed by atoms with van der Waals surface area (Å²) in [6.07, 6.45) is -2.48. The molecule has 0 bridgehead atoms. The van der Waals surface area contributed by atoms with Crippen molar-refractivity contribution in [2.75, 3.05) is 0 Å². The van der Waals surface area contributed by atoms with E-state index in [1.165, 1.54) is 0 Å². The van der Waals surface area contributed by atoms with Gasteiger partial charge in [-0.1, -0.05) is 0 Å². The molecule has 0 aromatic carbocycles. The summed E-state index contributed by atoms with van der Waals surface area (Å²) in [5.74, 6) is -0.367. The van der Waals surface area contributed by atoms with Crippen molar-refractivity contribution >= 4 is 31.9 Å². The maximum atomic E-state index is 12.5. The van der Waals surface area contributed by atoms with Crippen LogP contribution in [0.4, 0.5) is 13.2 Å². The first-order valence-corrected chi connectivity index (χ1v) is 7.68. The van der Waals surface area contributed by atoms with Crippen LogP contribution in [0.5, 0.6) is 0 Å². The third-order valence-corrected chi connectivity index (χ3v) is 5.16. The van der Waals surface area contributed by atoms with Gasteiger partial charge in [0.2, 0.25) is 0 Å². The van der Waals surface area contributed by atoms with Gasteiger partial charge in [0.15, 0.2) is 4.67 Å². The lowest BCUT2D eigenvalue weighted by molar-refractivity contribution is -0.182. The summed E-state index contributed by atoms with van der Waals surface area (Å²) in [7, 11) is 0. The standard InChI is InChI=1S/C12H14Br2F3NO/c13-10-5-9(19-11(10)14)6-18-8-3-1-7(2-4-8)12(15,16)17/h5,7-8,18H,1-4,6H2. The van der Waals surface area contributed by atoms with Crippen LogP contribution in [0.2, 0.25) is 0 Å². The number of halogens is 5. The molecule has 108 valence electrons. The maximum Gasteiger partial charge on any atom is 0.391 e. The van der Waals surface area contributed by atoms with E-state index in [4.69, 9.17) is 4.42 Å². The Bertz CT molecular complexity index is 406. The van der Waals surface area contributed by atoms with Gasteiger partial charge in [0.1, 0.15) is 5.76 Å². The molecular formula is C12H14Br2F3NO. The summed E-state index contributed by atoms with van der Waals surface area (Å²) in [6.45, 7) is 0.533. The van der Waals surface area contributed by atoms with E-state index in [0.29, 0.717) is 24.1 Å². The van der Waals surface area contributed by atoms with Crippen LogP contribution in [0.15, 0.2) is 19.6 Å². The molecule has 0 amide bonds. The quantitative estimate of drug-likeness (QED) is 0.765. The predicted molar refractivity (Wildman–Crippen MR) is 72.7 cm³/mol. The minimum atomic E-state index is -4.04. The van der Waals surface area contributed by atoms with E-state index < -0.39 is 12.1 Å². The fourth-order valence-corrected chi connectivity index (χ4v) is 3.01. The smallest absolute Gasteiger partial charge is 0.391 e. The van der Waals surface area contributed by atoms with E-state index in [-0.39, 0.29) is 18.9 Å². The molecule has 1 aromatic rings. The molecule has 1 heterocycles. The molecule has 0 unspecified atom stereocenters.